The summed E-state index contributed by atoms with van der Waals surface area (Å²) in [6.45, 7) is 2.00. The van der Waals surface area contributed by atoms with Gasteiger partial charge in [0.2, 0.25) is 11.8 Å². The van der Waals surface area contributed by atoms with Gasteiger partial charge < -0.3 is 15.5 Å². The van der Waals surface area contributed by atoms with Crippen molar-refractivity contribution in [1.29, 1.82) is 0 Å². The van der Waals surface area contributed by atoms with E-state index in [4.69, 9.17) is 11.6 Å². The van der Waals surface area contributed by atoms with Crippen molar-refractivity contribution in [3.05, 3.63) is 34.4 Å². The highest BCUT2D eigenvalue weighted by molar-refractivity contribution is 6.31. The molecule has 1 aliphatic carbocycles. The molecule has 3 amide bonds. The van der Waals surface area contributed by atoms with Crippen molar-refractivity contribution >= 4 is 23.5 Å². The molecule has 10 heteroatoms. The van der Waals surface area contributed by atoms with Crippen LogP contribution in [-0.2, 0) is 4.79 Å². The average molecular weight is 422 g/mol. The molecule has 154 valence electrons. The minimum atomic E-state index is -2.92. The first-order valence-electron chi connectivity index (χ1n) is 8.97. The fourth-order valence-corrected chi connectivity index (χ4v) is 3.95. The van der Waals surface area contributed by atoms with E-state index in [1.54, 1.807) is 0 Å². The zero-order valence-electron chi connectivity index (χ0n) is 15.1. The minimum Gasteiger partial charge on any atom is -0.353 e. The third-order valence-electron chi connectivity index (χ3n) is 5.35. The van der Waals surface area contributed by atoms with E-state index in [1.807, 2.05) is 0 Å². The van der Waals surface area contributed by atoms with E-state index in [-0.39, 0.29) is 37.4 Å². The standard InChI is InChI=1S/C18H20ClF4N3O2/c1-9-16(27)24-6-7-26(9)17(28)25-15(10-4-5-18(22,23)8-10)11-2-3-12(20)13(19)14(11)21/h2-3,9-10,15H,4-8H2,1H3,(H,24,27)(H,25,28)/t9-,10-,15-/m1/s1. The third kappa shape index (κ3) is 4.04. The highest BCUT2D eigenvalue weighted by Crippen LogP contribution is 2.45. The predicted molar refractivity (Wildman–Crippen MR) is 94.1 cm³/mol. The van der Waals surface area contributed by atoms with E-state index in [0.29, 0.717) is 0 Å². The van der Waals surface area contributed by atoms with Gasteiger partial charge in [-0.1, -0.05) is 17.7 Å². The Morgan fingerprint density at radius 2 is 2.11 bits per heavy atom. The topological polar surface area (TPSA) is 61.4 Å². The van der Waals surface area contributed by atoms with Crippen molar-refractivity contribution in [2.24, 2.45) is 5.92 Å². The van der Waals surface area contributed by atoms with Crippen LogP contribution in [0.25, 0.3) is 0 Å². The lowest BCUT2D eigenvalue weighted by atomic mass is 9.91. The van der Waals surface area contributed by atoms with Crippen LogP contribution in [0.2, 0.25) is 5.02 Å². The maximum atomic E-state index is 14.6. The number of alkyl halides is 2. The van der Waals surface area contributed by atoms with Gasteiger partial charge in [0.1, 0.15) is 22.7 Å². The summed E-state index contributed by atoms with van der Waals surface area (Å²) in [5.74, 6) is -6.10. The number of benzene rings is 1. The first-order valence-corrected chi connectivity index (χ1v) is 9.34. The Morgan fingerprint density at radius 3 is 2.75 bits per heavy atom. The highest BCUT2D eigenvalue weighted by Gasteiger charge is 2.44. The number of nitrogens with zero attached hydrogens (tertiary/aromatic N) is 1. The van der Waals surface area contributed by atoms with Crippen LogP contribution in [-0.4, -0.2) is 41.9 Å². The SMILES string of the molecule is C[C@@H]1C(=O)NCCN1C(=O)N[C@@H](c1ccc(F)c(Cl)c1F)[C@@H]1CCC(F)(F)C1. The molecule has 2 N–H and O–H groups in total. The maximum Gasteiger partial charge on any atom is 0.318 e. The van der Waals surface area contributed by atoms with E-state index in [0.717, 1.165) is 12.1 Å². The molecule has 2 aliphatic rings. The molecule has 0 spiro atoms. The normalized spacial score (nSPS) is 25.4. The number of hydrogen-bond acceptors (Lipinski definition) is 2. The molecular weight excluding hydrogens is 402 g/mol. The number of urea groups is 1. The zero-order chi connectivity index (χ0) is 20.6. The molecule has 0 aromatic heterocycles. The highest BCUT2D eigenvalue weighted by atomic mass is 35.5. The number of halogens is 5. The molecule has 1 aromatic carbocycles. The summed E-state index contributed by atoms with van der Waals surface area (Å²) in [6, 6.07) is -0.534. The molecular formula is C18H20ClF4N3O2. The Balaban J connectivity index is 1.90. The molecule has 1 saturated carbocycles. The number of carbonyl (C=O) groups excluding carboxylic acids is 2. The van der Waals surface area contributed by atoms with E-state index in [1.165, 1.54) is 11.8 Å². The Bertz CT molecular complexity index is 792. The smallest absolute Gasteiger partial charge is 0.318 e. The van der Waals surface area contributed by atoms with Crippen molar-refractivity contribution < 1.29 is 27.2 Å². The van der Waals surface area contributed by atoms with Crippen LogP contribution in [0.4, 0.5) is 22.4 Å². The second kappa shape index (κ2) is 7.77. The molecule has 1 aliphatic heterocycles. The van der Waals surface area contributed by atoms with E-state index < -0.39 is 53.0 Å². The summed E-state index contributed by atoms with van der Waals surface area (Å²) in [5.41, 5.74) is -0.156. The predicted octanol–water partition coefficient (Wildman–Crippen LogP) is 3.62. The molecule has 28 heavy (non-hydrogen) atoms. The van der Waals surface area contributed by atoms with E-state index >= 15 is 0 Å². The quantitative estimate of drug-likeness (QED) is 0.578. The lowest BCUT2D eigenvalue weighted by molar-refractivity contribution is -0.126. The molecule has 3 atom stereocenters. The second-order valence-corrected chi connectivity index (χ2v) is 7.59. The first-order chi connectivity index (χ1) is 13.1. The monoisotopic (exact) mass is 421 g/mol. The number of amides is 3. The largest absolute Gasteiger partial charge is 0.353 e. The van der Waals surface area contributed by atoms with Crippen LogP contribution in [0.5, 0.6) is 0 Å². The molecule has 1 heterocycles. The van der Waals surface area contributed by atoms with Crippen LogP contribution >= 0.6 is 11.6 Å². The van der Waals surface area contributed by atoms with Gasteiger partial charge in [0.05, 0.1) is 6.04 Å². The third-order valence-corrected chi connectivity index (χ3v) is 5.70. The van der Waals surface area contributed by atoms with Crippen molar-refractivity contribution in [2.45, 2.75) is 44.2 Å². The summed E-state index contributed by atoms with van der Waals surface area (Å²) >= 11 is 5.64. The Labute approximate surface area is 164 Å². The van der Waals surface area contributed by atoms with Crippen molar-refractivity contribution in [3.8, 4) is 0 Å². The van der Waals surface area contributed by atoms with Crippen molar-refractivity contribution in [2.75, 3.05) is 13.1 Å². The van der Waals surface area contributed by atoms with Crippen LogP contribution in [0.15, 0.2) is 12.1 Å². The first kappa shape index (κ1) is 20.7. The molecule has 5 nitrogen and oxygen atoms in total. The Hall–Kier alpha value is -2.03. The maximum absolute atomic E-state index is 14.6. The van der Waals surface area contributed by atoms with Gasteiger partial charge in [0.25, 0.3) is 0 Å². The number of piperazine rings is 1. The fourth-order valence-electron chi connectivity index (χ4n) is 3.78. The van der Waals surface area contributed by atoms with Gasteiger partial charge in [-0.3, -0.25) is 4.79 Å². The van der Waals surface area contributed by atoms with Gasteiger partial charge >= 0.3 is 6.03 Å². The molecule has 1 aromatic rings. The minimum absolute atomic E-state index is 0.0580. The summed E-state index contributed by atoms with van der Waals surface area (Å²) < 4.78 is 55.7. The number of carbonyl (C=O) groups is 2. The molecule has 0 bridgehead atoms. The van der Waals surface area contributed by atoms with Crippen LogP contribution in [0, 0.1) is 17.6 Å². The lowest BCUT2D eigenvalue weighted by Crippen LogP contribution is -2.58. The van der Waals surface area contributed by atoms with Crippen molar-refractivity contribution in [3.63, 3.8) is 0 Å². The van der Waals surface area contributed by atoms with Crippen LogP contribution in [0.3, 0.4) is 0 Å². The Morgan fingerprint density at radius 1 is 1.39 bits per heavy atom. The van der Waals surface area contributed by atoms with Crippen LogP contribution in [0.1, 0.15) is 37.8 Å². The van der Waals surface area contributed by atoms with Crippen LogP contribution < -0.4 is 10.6 Å². The fraction of sp³-hybridized carbons (Fsp3) is 0.556. The summed E-state index contributed by atoms with van der Waals surface area (Å²) in [7, 11) is 0. The average Bonchev–Trinajstić information content (AvgIpc) is 3.00. The van der Waals surface area contributed by atoms with Gasteiger partial charge in [0.15, 0.2) is 0 Å². The van der Waals surface area contributed by atoms with E-state index in [2.05, 4.69) is 10.6 Å². The van der Waals surface area contributed by atoms with Gasteiger partial charge in [-0.05, 0) is 25.3 Å². The van der Waals surface area contributed by atoms with Gasteiger partial charge in [-0.2, -0.15) is 0 Å². The molecule has 1 saturated heterocycles. The number of nitrogens with one attached hydrogen (secondary N) is 2. The lowest BCUT2D eigenvalue weighted by Gasteiger charge is -2.35. The molecule has 3 rings (SSSR count). The summed E-state index contributed by atoms with van der Waals surface area (Å²) in [6.07, 6.45) is -0.867. The van der Waals surface area contributed by atoms with Gasteiger partial charge in [-0.25, -0.2) is 22.4 Å². The summed E-state index contributed by atoms with van der Waals surface area (Å²) in [5, 5.41) is 4.43. The molecule has 2 fully saturated rings. The van der Waals surface area contributed by atoms with Gasteiger partial charge in [-0.15, -0.1) is 0 Å². The van der Waals surface area contributed by atoms with Gasteiger partial charge in [0, 0.05) is 31.5 Å². The number of rotatable bonds is 3. The second-order valence-electron chi connectivity index (χ2n) is 7.21. The molecule has 0 unspecified atom stereocenters. The number of hydrogen-bond donors (Lipinski definition) is 2. The Kier molecular flexibility index (Phi) is 5.74. The summed E-state index contributed by atoms with van der Waals surface area (Å²) in [4.78, 5) is 25.8. The van der Waals surface area contributed by atoms with E-state index in [9.17, 15) is 27.2 Å². The van der Waals surface area contributed by atoms with Crippen molar-refractivity contribution in [1.82, 2.24) is 15.5 Å². The zero-order valence-corrected chi connectivity index (χ0v) is 15.8. The molecule has 0 radical (unpaired) electrons.